The number of hydrogen-bond donors (Lipinski definition) is 2. The molecule has 0 radical (unpaired) electrons. The van der Waals surface area contributed by atoms with E-state index in [2.05, 4.69) is 10.6 Å². The normalized spacial score (nSPS) is 32.3. The molecule has 25 heavy (non-hydrogen) atoms. The minimum atomic E-state index is -0.0505. The molecule has 0 aliphatic heterocycles. The molecule has 5 heteroatoms. The van der Waals surface area contributed by atoms with Gasteiger partial charge in [-0.25, -0.2) is 4.79 Å². The maximum absolute atomic E-state index is 12.2. The molecule has 0 aromatic heterocycles. The first-order chi connectivity index (χ1) is 12.2. The monoisotopic (exact) mass is 344 g/mol. The second-order valence-corrected chi connectivity index (χ2v) is 7.68. The summed E-state index contributed by atoms with van der Waals surface area (Å²) in [5.41, 5.74) is 0. The highest BCUT2D eigenvalue weighted by molar-refractivity contribution is 5.74. The number of methoxy groups -OCH3 is 1. The van der Waals surface area contributed by atoms with Crippen LogP contribution in [0.4, 0.5) is 4.79 Å². The summed E-state index contributed by atoms with van der Waals surface area (Å²) in [7, 11) is 1.64. The Morgan fingerprint density at radius 3 is 2.64 bits per heavy atom. The van der Waals surface area contributed by atoms with Crippen LogP contribution in [0, 0.1) is 23.7 Å². The van der Waals surface area contributed by atoms with Gasteiger partial charge in [0.2, 0.25) is 0 Å². The van der Waals surface area contributed by atoms with Crippen LogP contribution in [-0.4, -0.2) is 32.3 Å². The van der Waals surface area contributed by atoms with E-state index in [9.17, 15) is 4.79 Å². The third kappa shape index (κ3) is 3.42. The van der Waals surface area contributed by atoms with Gasteiger partial charge < -0.3 is 20.1 Å². The van der Waals surface area contributed by atoms with Crippen LogP contribution < -0.4 is 20.1 Å². The molecule has 136 valence electrons. The van der Waals surface area contributed by atoms with Crippen molar-refractivity contribution in [3.05, 3.63) is 24.3 Å². The summed E-state index contributed by atoms with van der Waals surface area (Å²) >= 11 is 0. The van der Waals surface area contributed by atoms with Crippen LogP contribution in [0.1, 0.15) is 32.1 Å². The van der Waals surface area contributed by atoms with Gasteiger partial charge in [-0.3, -0.25) is 0 Å². The van der Waals surface area contributed by atoms with Crippen LogP contribution in [0.15, 0.2) is 24.3 Å². The number of fused-ring (bicyclic) bond motifs is 5. The molecule has 1 aromatic carbocycles. The predicted molar refractivity (Wildman–Crippen MR) is 95.9 cm³/mol. The summed E-state index contributed by atoms with van der Waals surface area (Å²) < 4.78 is 10.7. The first-order valence-corrected chi connectivity index (χ1v) is 9.56. The van der Waals surface area contributed by atoms with Crippen LogP contribution in [0.25, 0.3) is 0 Å². The Bertz CT molecular complexity index is 603. The van der Waals surface area contributed by atoms with Crippen molar-refractivity contribution in [1.29, 1.82) is 0 Å². The first-order valence-electron chi connectivity index (χ1n) is 9.56. The average Bonchev–Trinajstić information content (AvgIpc) is 3.32. The van der Waals surface area contributed by atoms with Crippen molar-refractivity contribution in [1.82, 2.24) is 10.6 Å². The van der Waals surface area contributed by atoms with Crippen molar-refractivity contribution in [3.8, 4) is 11.5 Å². The number of carbonyl (C=O) groups excluding carboxylic acids is 1. The fraction of sp³-hybridized carbons (Fsp3) is 0.650. The van der Waals surface area contributed by atoms with E-state index in [0.717, 1.165) is 35.2 Å². The van der Waals surface area contributed by atoms with Gasteiger partial charge in [0.1, 0.15) is 18.1 Å². The Morgan fingerprint density at radius 2 is 1.84 bits per heavy atom. The van der Waals surface area contributed by atoms with Crippen molar-refractivity contribution in [2.24, 2.45) is 23.7 Å². The van der Waals surface area contributed by atoms with E-state index in [1.54, 1.807) is 7.11 Å². The minimum Gasteiger partial charge on any atom is -0.497 e. The zero-order valence-corrected chi connectivity index (χ0v) is 14.9. The van der Waals surface area contributed by atoms with Gasteiger partial charge in [-0.05, 0) is 73.6 Å². The zero-order chi connectivity index (χ0) is 17.2. The lowest BCUT2D eigenvalue weighted by molar-refractivity contribution is 0.196. The van der Waals surface area contributed by atoms with E-state index in [-0.39, 0.29) is 6.03 Å². The molecule has 3 saturated carbocycles. The Labute approximate surface area is 149 Å². The third-order valence-electron chi connectivity index (χ3n) is 6.46. The first kappa shape index (κ1) is 16.6. The van der Waals surface area contributed by atoms with E-state index in [1.807, 2.05) is 24.3 Å². The van der Waals surface area contributed by atoms with E-state index in [1.165, 1.54) is 32.1 Å². The van der Waals surface area contributed by atoms with Gasteiger partial charge >= 0.3 is 6.03 Å². The lowest BCUT2D eigenvalue weighted by Gasteiger charge is -2.32. The summed E-state index contributed by atoms with van der Waals surface area (Å²) in [6, 6.07) is 7.79. The number of nitrogens with one attached hydrogen (secondary N) is 2. The molecular weight excluding hydrogens is 316 g/mol. The Kier molecular flexibility index (Phi) is 4.73. The number of carbonyl (C=O) groups is 1. The predicted octanol–water partition coefficient (Wildman–Crippen LogP) is 3.20. The molecular formula is C20H28N2O3. The molecule has 2 bridgehead atoms. The highest BCUT2D eigenvalue weighted by Crippen LogP contribution is 2.58. The largest absolute Gasteiger partial charge is 0.497 e. The number of hydrogen-bond acceptors (Lipinski definition) is 3. The molecule has 0 heterocycles. The molecule has 3 aliphatic rings. The van der Waals surface area contributed by atoms with Crippen molar-refractivity contribution in [2.75, 3.05) is 20.3 Å². The van der Waals surface area contributed by atoms with Crippen LogP contribution >= 0.6 is 0 Å². The Morgan fingerprint density at radius 1 is 1.08 bits per heavy atom. The topological polar surface area (TPSA) is 59.6 Å². The molecule has 0 saturated heterocycles. The second-order valence-electron chi connectivity index (χ2n) is 7.68. The number of urea groups is 1. The lowest BCUT2D eigenvalue weighted by Crippen LogP contribution is -2.47. The average molecular weight is 344 g/mol. The molecule has 2 N–H and O–H groups in total. The van der Waals surface area contributed by atoms with Gasteiger partial charge in [-0.1, -0.05) is 6.42 Å². The quantitative estimate of drug-likeness (QED) is 0.779. The zero-order valence-electron chi connectivity index (χ0n) is 14.9. The second kappa shape index (κ2) is 7.14. The van der Waals surface area contributed by atoms with Crippen molar-refractivity contribution >= 4 is 6.03 Å². The minimum absolute atomic E-state index is 0.0505. The van der Waals surface area contributed by atoms with Crippen LogP contribution in [0.5, 0.6) is 11.5 Å². The van der Waals surface area contributed by atoms with Gasteiger partial charge in [0, 0.05) is 6.04 Å². The van der Waals surface area contributed by atoms with Gasteiger partial charge in [0.25, 0.3) is 0 Å². The van der Waals surface area contributed by atoms with Crippen molar-refractivity contribution in [3.63, 3.8) is 0 Å². The molecule has 5 atom stereocenters. The molecule has 4 rings (SSSR count). The summed E-state index contributed by atoms with van der Waals surface area (Å²) in [6.07, 6.45) is 6.71. The molecule has 3 fully saturated rings. The molecule has 3 aliphatic carbocycles. The SMILES string of the molecule is COc1ccc(OCCNC(=O)N[C@H]2C[C@@H]3C[C@@H]2[C@@H]2CCC[C@@H]32)cc1. The third-order valence-corrected chi connectivity index (χ3v) is 6.46. The number of rotatable bonds is 6. The smallest absolute Gasteiger partial charge is 0.315 e. The fourth-order valence-corrected chi connectivity index (χ4v) is 5.46. The maximum atomic E-state index is 12.2. The van der Waals surface area contributed by atoms with Crippen LogP contribution in [0.3, 0.4) is 0 Å². The molecule has 0 unspecified atom stereocenters. The highest BCUT2D eigenvalue weighted by Gasteiger charge is 2.53. The van der Waals surface area contributed by atoms with E-state index < -0.39 is 0 Å². The summed E-state index contributed by atoms with van der Waals surface area (Å²) in [6.45, 7) is 0.964. The molecule has 2 amide bonds. The van der Waals surface area contributed by atoms with Gasteiger partial charge in [0.05, 0.1) is 13.7 Å². The number of ether oxygens (including phenoxy) is 2. The molecule has 5 nitrogen and oxygen atoms in total. The van der Waals surface area contributed by atoms with Gasteiger partial charge in [-0.2, -0.15) is 0 Å². The van der Waals surface area contributed by atoms with E-state index in [4.69, 9.17) is 9.47 Å². The van der Waals surface area contributed by atoms with Crippen molar-refractivity contribution in [2.45, 2.75) is 38.1 Å². The van der Waals surface area contributed by atoms with Gasteiger partial charge in [-0.15, -0.1) is 0 Å². The summed E-state index contributed by atoms with van der Waals surface area (Å²) in [4.78, 5) is 12.2. The van der Waals surface area contributed by atoms with Crippen molar-refractivity contribution < 1.29 is 14.3 Å². The van der Waals surface area contributed by atoms with E-state index in [0.29, 0.717) is 19.2 Å². The van der Waals surface area contributed by atoms with Crippen LogP contribution in [-0.2, 0) is 0 Å². The van der Waals surface area contributed by atoms with E-state index >= 15 is 0 Å². The molecule has 1 aromatic rings. The molecule has 0 spiro atoms. The van der Waals surface area contributed by atoms with Gasteiger partial charge in [0.15, 0.2) is 0 Å². The highest BCUT2D eigenvalue weighted by atomic mass is 16.5. The maximum Gasteiger partial charge on any atom is 0.315 e. The Balaban J connectivity index is 1.16. The number of amides is 2. The fourth-order valence-electron chi connectivity index (χ4n) is 5.46. The lowest BCUT2D eigenvalue weighted by atomic mass is 9.79. The van der Waals surface area contributed by atoms with Crippen LogP contribution in [0.2, 0.25) is 0 Å². The standard InChI is InChI=1S/C20H28N2O3/c1-24-14-5-7-15(8-6-14)25-10-9-21-20(23)22-19-12-13-11-18(19)17-4-2-3-16(13)17/h5-8,13,16-19H,2-4,9-12H2,1H3,(H2,21,22,23)/t13-,16-,17+,18+,19-/m0/s1. The number of benzene rings is 1. The Hall–Kier alpha value is -1.91. The summed E-state index contributed by atoms with van der Waals surface area (Å²) in [5.74, 6) is 5.01. The summed E-state index contributed by atoms with van der Waals surface area (Å²) in [5, 5.41) is 6.14.